The van der Waals surface area contributed by atoms with Crippen LogP contribution in [0.15, 0.2) is 16.8 Å². The molecule has 0 amide bonds. The maximum absolute atomic E-state index is 10.7. The van der Waals surface area contributed by atoms with Crippen molar-refractivity contribution in [3.63, 3.8) is 0 Å². The van der Waals surface area contributed by atoms with Crippen LogP contribution < -0.4 is 5.32 Å². The standard InChI is InChI=1S/C25H40N2O2/c1-23(2)20-7-5-17-18-6-8-22(28)25(18,4)12-9-19(17)24(20,3)13-10-21(23)27-29-16-11-14-26-15-16/h7,16-19,22,26,28H,5-6,8-15H2,1-4H3/t16-,17+,18+,19+,22+,24-,25+/m1/s1. The minimum Gasteiger partial charge on any atom is -0.393 e. The zero-order valence-electron chi connectivity index (χ0n) is 18.8. The molecule has 29 heavy (non-hydrogen) atoms. The lowest BCUT2D eigenvalue weighted by Gasteiger charge is -2.60. The maximum Gasteiger partial charge on any atom is 0.141 e. The van der Waals surface area contributed by atoms with E-state index in [-0.39, 0.29) is 28.5 Å². The van der Waals surface area contributed by atoms with E-state index in [0.717, 1.165) is 44.2 Å². The molecule has 0 radical (unpaired) electrons. The molecule has 0 aromatic heterocycles. The first-order chi connectivity index (χ1) is 13.8. The molecule has 0 aromatic rings. The second kappa shape index (κ2) is 6.82. The lowest BCUT2D eigenvalue weighted by molar-refractivity contribution is -0.0671. The van der Waals surface area contributed by atoms with Crippen LogP contribution in [0.2, 0.25) is 0 Å². The van der Waals surface area contributed by atoms with Crippen LogP contribution in [0.5, 0.6) is 0 Å². The molecule has 4 nitrogen and oxygen atoms in total. The molecule has 2 N–H and O–H groups in total. The van der Waals surface area contributed by atoms with Gasteiger partial charge in [0.15, 0.2) is 0 Å². The van der Waals surface area contributed by atoms with E-state index in [9.17, 15) is 5.11 Å². The lowest BCUT2D eigenvalue weighted by Crippen LogP contribution is -2.54. The molecule has 1 heterocycles. The predicted molar refractivity (Wildman–Crippen MR) is 117 cm³/mol. The van der Waals surface area contributed by atoms with Crippen molar-refractivity contribution in [3.8, 4) is 0 Å². The van der Waals surface area contributed by atoms with Crippen LogP contribution in [-0.2, 0) is 4.84 Å². The number of nitrogens with zero attached hydrogens (tertiary/aromatic N) is 1. The molecule has 1 aliphatic heterocycles. The Bertz CT molecular complexity index is 722. The molecular formula is C25H40N2O2. The Hall–Kier alpha value is -0.870. The summed E-state index contributed by atoms with van der Waals surface area (Å²) in [4.78, 5) is 5.95. The van der Waals surface area contributed by atoms with Gasteiger partial charge in [-0.15, -0.1) is 0 Å². The summed E-state index contributed by atoms with van der Waals surface area (Å²) >= 11 is 0. The van der Waals surface area contributed by atoms with Crippen molar-refractivity contribution in [3.05, 3.63) is 11.6 Å². The number of allylic oxidation sites excluding steroid dienone is 2. The van der Waals surface area contributed by atoms with Crippen molar-refractivity contribution in [2.24, 2.45) is 39.2 Å². The van der Waals surface area contributed by atoms with Crippen molar-refractivity contribution in [1.29, 1.82) is 0 Å². The Balaban J connectivity index is 1.42. The fourth-order valence-electron chi connectivity index (χ4n) is 8.22. The van der Waals surface area contributed by atoms with Crippen LogP contribution in [0.25, 0.3) is 0 Å². The fraction of sp³-hybridized carbons (Fsp3) is 0.880. The van der Waals surface area contributed by atoms with Gasteiger partial charge in [-0.2, -0.15) is 0 Å². The number of aliphatic hydroxyl groups is 1. The van der Waals surface area contributed by atoms with Gasteiger partial charge >= 0.3 is 0 Å². The first-order valence-corrected chi connectivity index (χ1v) is 12.1. The van der Waals surface area contributed by atoms with Gasteiger partial charge in [-0.1, -0.05) is 44.5 Å². The van der Waals surface area contributed by atoms with Crippen molar-refractivity contribution in [2.45, 2.75) is 91.3 Å². The topological polar surface area (TPSA) is 53.9 Å². The number of oxime groups is 1. The van der Waals surface area contributed by atoms with Gasteiger partial charge in [-0.25, -0.2) is 0 Å². The molecule has 4 heteroatoms. The summed E-state index contributed by atoms with van der Waals surface area (Å²) in [6, 6.07) is 0. The highest BCUT2D eigenvalue weighted by molar-refractivity contribution is 5.93. The average Bonchev–Trinajstić information content (AvgIpc) is 3.29. The molecular weight excluding hydrogens is 360 g/mol. The number of nitrogens with one attached hydrogen (secondary N) is 1. The fourth-order valence-corrected chi connectivity index (χ4v) is 8.22. The minimum absolute atomic E-state index is 0.0139. The van der Waals surface area contributed by atoms with Gasteiger partial charge in [0, 0.05) is 18.4 Å². The number of fused-ring (bicyclic) bond motifs is 5. The van der Waals surface area contributed by atoms with E-state index in [1.165, 1.54) is 37.8 Å². The highest BCUT2D eigenvalue weighted by Gasteiger charge is 2.60. The second-order valence-corrected chi connectivity index (χ2v) is 11.7. The first-order valence-electron chi connectivity index (χ1n) is 12.1. The number of rotatable bonds is 2. The van der Waals surface area contributed by atoms with E-state index in [1.807, 2.05) is 0 Å². The summed E-state index contributed by atoms with van der Waals surface area (Å²) in [5, 5.41) is 18.8. The highest BCUT2D eigenvalue weighted by Crippen LogP contribution is 2.66. The average molecular weight is 401 g/mol. The van der Waals surface area contributed by atoms with E-state index in [1.54, 1.807) is 5.57 Å². The van der Waals surface area contributed by atoms with Crippen molar-refractivity contribution in [1.82, 2.24) is 5.32 Å². The minimum atomic E-state index is -0.0876. The third kappa shape index (κ3) is 2.88. The highest BCUT2D eigenvalue weighted by atomic mass is 16.6. The zero-order valence-corrected chi connectivity index (χ0v) is 18.8. The largest absolute Gasteiger partial charge is 0.393 e. The Kier molecular flexibility index (Phi) is 4.71. The summed E-state index contributed by atoms with van der Waals surface area (Å²) in [6.45, 7) is 11.6. The second-order valence-electron chi connectivity index (χ2n) is 11.7. The van der Waals surface area contributed by atoms with Crippen LogP contribution in [0, 0.1) is 34.0 Å². The van der Waals surface area contributed by atoms with Crippen LogP contribution in [0.4, 0.5) is 0 Å². The molecule has 4 fully saturated rings. The zero-order chi connectivity index (χ0) is 20.4. The normalized spacial score (nSPS) is 49.9. The number of aliphatic hydroxyl groups excluding tert-OH is 1. The lowest BCUT2D eigenvalue weighted by atomic mass is 9.45. The van der Waals surface area contributed by atoms with Crippen LogP contribution in [0.1, 0.15) is 79.1 Å². The van der Waals surface area contributed by atoms with Gasteiger partial charge in [0.05, 0.1) is 11.8 Å². The van der Waals surface area contributed by atoms with Gasteiger partial charge < -0.3 is 15.3 Å². The van der Waals surface area contributed by atoms with Gasteiger partial charge in [0.25, 0.3) is 0 Å². The molecule has 7 atom stereocenters. The Morgan fingerprint density at radius 1 is 1.07 bits per heavy atom. The van der Waals surface area contributed by atoms with Gasteiger partial charge in [-0.05, 0) is 80.1 Å². The summed E-state index contributed by atoms with van der Waals surface area (Å²) in [5.41, 5.74) is 3.27. The van der Waals surface area contributed by atoms with Crippen molar-refractivity contribution in [2.75, 3.05) is 13.1 Å². The Labute approximate surface area is 176 Å². The predicted octanol–water partition coefficient (Wildman–Crippen LogP) is 4.68. The maximum atomic E-state index is 10.7. The van der Waals surface area contributed by atoms with E-state index in [0.29, 0.717) is 5.92 Å². The number of hydrogen-bond donors (Lipinski definition) is 2. The molecule has 162 valence electrons. The van der Waals surface area contributed by atoms with Crippen molar-refractivity contribution >= 4 is 5.71 Å². The summed E-state index contributed by atoms with van der Waals surface area (Å²) in [7, 11) is 0. The number of hydrogen-bond acceptors (Lipinski definition) is 4. The summed E-state index contributed by atoms with van der Waals surface area (Å²) < 4.78 is 0. The Morgan fingerprint density at radius 2 is 1.90 bits per heavy atom. The molecule has 3 saturated carbocycles. The molecule has 4 aliphatic carbocycles. The van der Waals surface area contributed by atoms with Gasteiger partial charge in [0.1, 0.15) is 6.10 Å². The van der Waals surface area contributed by atoms with E-state index in [2.05, 4.69) is 39.1 Å². The Morgan fingerprint density at radius 3 is 2.66 bits per heavy atom. The van der Waals surface area contributed by atoms with Crippen LogP contribution in [0.3, 0.4) is 0 Å². The van der Waals surface area contributed by atoms with Gasteiger partial charge in [-0.3, -0.25) is 0 Å². The van der Waals surface area contributed by atoms with Crippen LogP contribution >= 0.6 is 0 Å². The summed E-state index contributed by atoms with van der Waals surface area (Å²) in [5.74, 6) is 2.20. The molecule has 1 saturated heterocycles. The quantitative estimate of drug-likeness (QED) is 0.523. The third-order valence-electron chi connectivity index (χ3n) is 10.0. The molecule has 0 bridgehead atoms. The van der Waals surface area contributed by atoms with Crippen LogP contribution in [-0.4, -0.2) is 36.1 Å². The van der Waals surface area contributed by atoms with E-state index < -0.39 is 0 Å². The molecule has 0 unspecified atom stereocenters. The SMILES string of the molecule is CC1(C)C2=CC[C@H]3[C@@H]4CC[C@H](O)[C@@]4(C)CC[C@@H]3[C@@]2(C)CCC1=NO[C@@H]1CCNC1. The van der Waals surface area contributed by atoms with E-state index >= 15 is 0 Å². The summed E-state index contributed by atoms with van der Waals surface area (Å²) in [6.07, 6.45) is 11.9. The smallest absolute Gasteiger partial charge is 0.141 e. The third-order valence-corrected chi connectivity index (χ3v) is 10.0. The van der Waals surface area contributed by atoms with E-state index in [4.69, 9.17) is 9.99 Å². The molecule has 0 aromatic carbocycles. The first kappa shape index (κ1) is 20.1. The van der Waals surface area contributed by atoms with Gasteiger partial charge in [0.2, 0.25) is 0 Å². The monoisotopic (exact) mass is 400 g/mol. The molecule has 0 spiro atoms. The molecule has 5 aliphatic rings. The molecule has 5 rings (SSSR count). The van der Waals surface area contributed by atoms with Crippen molar-refractivity contribution < 1.29 is 9.94 Å².